The molecular weight excluding hydrogens is 330 g/mol. The topological polar surface area (TPSA) is 42.9 Å². The Morgan fingerprint density at radius 3 is 2.05 bits per heavy atom. The first-order valence-corrected chi connectivity index (χ1v) is 6.51. The van der Waals surface area contributed by atoms with E-state index < -0.39 is 0 Å². The number of Topliss-reactive ketones (excluding diaryl/α,β-unsaturated/α-hetero) is 1. The van der Waals surface area contributed by atoms with Gasteiger partial charge < -0.3 is 0 Å². The number of pyridine rings is 2. The maximum Gasteiger partial charge on any atom is 0.164 e. The molecule has 2 aromatic heterocycles. The van der Waals surface area contributed by atoms with Crippen molar-refractivity contribution in [3.63, 3.8) is 0 Å². The first-order chi connectivity index (χ1) is 8.91. The van der Waals surface area contributed by atoms with Crippen LogP contribution in [0.4, 0.5) is 0 Å². The minimum absolute atomic E-state index is 0.157. The fraction of sp³-hybridized carbons (Fsp3) is 0.0833. The third kappa shape index (κ3) is 5.33. The molecule has 7 heteroatoms. The predicted molar refractivity (Wildman–Crippen MR) is 78.5 cm³/mol. The summed E-state index contributed by atoms with van der Waals surface area (Å²) in [4.78, 5) is 18.3. The van der Waals surface area contributed by atoms with Gasteiger partial charge in [0.25, 0.3) is 0 Å². The summed E-state index contributed by atoms with van der Waals surface area (Å²) >= 11 is 22.3. The van der Waals surface area contributed by atoms with Crippen LogP contribution < -0.4 is 0 Å². The van der Waals surface area contributed by atoms with Crippen LogP contribution in [0.25, 0.3) is 0 Å². The van der Waals surface area contributed by atoms with Crippen molar-refractivity contribution >= 4 is 52.2 Å². The minimum Gasteiger partial charge on any atom is -0.294 e. The molecule has 0 aromatic carbocycles. The van der Waals surface area contributed by atoms with Crippen molar-refractivity contribution in [3.8, 4) is 0 Å². The lowest BCUT2D eigenvalue weighted by molar-refractivity contribution is 0.101. The summed E-state index contributed by atoms with van der Waals surface area (Å²) in [5, 5.41) is 1.55. The van der Waals surface area contributed by atoms with Gasteiger partial charge in [-0.3, -0.25) is 4.79 Å². The van der Waals surface area contributed by atoms with Crippen LogP contribution in [0.3, 0.4) is 0 Å². The number of halogens is 4. The molecule has 0 aliphatic heterocycles. The zero-order valence-electron chi connectivity index (χ0n) is 9.70. The summed E-state index contributed by atoms with van der Waals surface area (Å²) in [7, 11) is 0. The molecule has 0 N–H and O–H groups in total. The molecule has 2 aromatic rings. The smallest absolute Gasteiger partial charge is 0.164 e. The monoisotopic (exact) mass is 336 g/mol. The van der Waals surface area contributed by atoms with Crippen LogP contribution in [-0.2, 0) is 0 Å². The number of hydrogen-bond acceptors (Lipinski definition) is 3. The Morgan fingerprint density at radius 1 is 1.05 bits per heavy atom. The number of carbonyl (C=O) groups is 1. The van der Waals surface area contributed by atoms with Crippen molar-refractivity contribution in [1.82, 2.24) is 9.97 Å². The second kappa shape index (κ2) is 7.65. The molecule has 0 fully saturated rings. The van der Waals surface area contributed by atoms with Gasteiger partial charge in [-0.1, -0.05) is 46.4 Å². The SMILES string of the molecule is CC(=O)c1c(Cl)ccnc1Cl.Clc1ccnc(Cl)c1. The summed E-state index contributed by atoms with van der Waals surface area (Å²) in [6.45, 7) is 1.40. The van der Waals surface area contributed by atoms with Crippen LogP contribution in [-0.4, -0.2) is 15.8 Å². The van der Waals surface area contributed by atoms with Crippen LogP contribution in [0.5, 0.6) is 0 Å². The fourth-order valence-electron chi connectivity index (χ4n) is 1.11. The molecule has 0 saturated heterocycles. The van der Waals surface area contributed by atoms with Crippen molar-refractivity contribution < 1.29 is 4.79 Å². The van der Waals surface area contributed by atoms with Crippen LogP contribution in [0.2, 0.25) is 20.4 Å². The number of carbonyl (C=O) groups excluding carboxylic acids is 1. The molecule has 2 heterocycles. The quantitative estimate of drug-likeness (QED) is 0.544. The lowest BCUT2D eigenvalue weighted by Crippen LogP contribution is -1.95. The van der Waals surface area contributed by atoms with Crippen molar-refractivity contribution in [2.45, 2.75) is 6.92 Å². The van der Waals surface area contributed by atoms with Crippen LogP contribution in [0.15, 0.2) is 30.6 Å². The molecule has 0 unspecified atom stereocenters. The highest BCUT2D eigenvalue weighted by atomic mass is 35.5. The molecule has 2 rings (SSSR count). The molecule has 100 valence electrons. The van der Waals surface area contributed by atoms with E-state index in [2.05, 4.69) is 9.97 Å². The first-order valence-electron chi connectivity index (χ1n) is 5.00. The summed E-state index contributed by atoms with van der Waals surface area (Å²) < 4.78 is 0. The van der Waals surface area contributed by atoms with E-state index in [0.717, 1.165) is 0 Å². The van der Waals surface area contributed by atoms with Gasteiger partial charge in [0.1, 0.15) is 10.3 Å². The second-order valence-electron chi connectivity index (χ2n) is 3.31. The molecular formula is C12H8Cl4N2O. The molecule has 0 aliphatic carbocycles. The van der Waals surface area contributed by atoms with E-state index in [-0.39, 0.29) is 16.5 Å². The van der Waals surface area contributed by atoms with E-state index >= 15 is 0 Å². The normalized spacial score (nSPS) is 9.53. The van der Waals surface area contributed by atoms with Gasteiger partial charge >= 0.3 is 0 Å². The van der Waals surface area contributed by atoms with Gasteiger partial charge in [-0.05, 0) is 25.1 Å². The van der Waals surface area contributed by atoms with E-state index in [1.165, 1.54) is 19.2 Å². The molecule has 0 spiro atoms. The lowest BCUT2D eigenvalue weighted by Gasteiger charge is -1.99. The molecule has 0 radical (unpaired) electrons. The number of hydrogen-bond donors (Lipinski definition) is 0. The second-order valence-corrected chi connectivity index (χ2v) is 4.90. The maximum atomic E-state index is 10.9. The Bertz CT molecular complexity index is 552. The summed E-state index contributed by atoms with van der Waals surface area (Å²) in [5.41, 5.74) is 0.288. The fourth-order valence-corrected chi connectivity index (χ4v) is 2.11. The van der Waals surface area contributed by atoms with Crippen LogP contribution in [0, 0.1) is 0 Å². The standard InChI is InChI=1S/C7H5Cl2NO.C5H3Cl2N/c1-4(11)6-5(8)2-3-10-7(6)9;6-4-1-2-8-5(7)3-4/h2-3H,1H3;1-3H. The van der Waals surface area contributed by atoms with Gasteiger partial charge in [-0.2, -0.15) is 0 Å². The molecule has 19 heavy (non-hydrogen) atoms. The Morgan fingerprint density at radius 2 is 1.68 bits per heavy atom. The molecule has 0 atom stereocenters. The van der Waals surface area contributed by atoms with Gasteiger partial charge in [0, 0.05) is 17.4 Å². The van der Waals surface area contributed by atoms with Crippen molar-refractivity contribution in [2.24, 2.45) is 0 Å². The molecule has 0 amide bonds. The number of nitrogens with zero attached hydrogens (tertiary/aromatic N) is 2. The zero-order chi connectivity index (χ0) is 14.4. The van der Waals surface area contributed by atoms with Crippen molar-refractivity contribution in [2.75, 3.05) is 0 Å². The number of ketones is 1. The van der Waals surface area contributed by atoms with Gasteiger partial charge in [-0.15, -0.1) is 0 Å². The first kappa shape index (κ1) is 16.2. The highest BCUT2D eigenvalue weighted by Crippen LogP contribution is 2.21. The average molecular weight is 338 g/mol. The predicted octanol–water partition coefficient (Wildman–Crippen LogP) is 4.98. The van der Waals surface area contributed by atoms with Gasteiger partial charge in [0.2, 0.25) is 0 Å². The Hall–Kier alpha value is -0.870. The maximum absolute atomic E-state index is 10.9. The Labute approximate surface area is 130 Å². The summed E-state index contributed by atoms with van der Waals surface area (Å²) in [6.07, 6.45) is 3.02. The summed E-state index contributed by atoms with van der Waals surface area (Å²) in [5.74, 6) is -0.173. The van der Waals surface area contributed by atoms with Crippen LogP contribution in [0.1, 0.15) is 17.3 Å². The van der Waals surface area contributed by atoms with Crippen molar-refractivity contribution in [1.29, 1.82) is 0 Å². The van der Waals surface area contributed by atoms with E-state index in [0.29, 0.717) is 15.2 Å². The Kier molecular flexibility index (Phi) is 6.52. The minimum atomic E-state index is -0.173. The third-order valence-corrected chi connectivity index (χ3v) is 2.94. The van der Waals surface area contributed by atoms with E-state index in [4.69, 9.17) is 46.4 Å². The molecule has 3 nitrogen and oxygen atoms in total. The largest absolute Gasteiger partial charge is 0.294 e. The molecule has 0 bridgehead atoms. The van der Waals surface area contributed by atoms with Crippen LogP contribution >= 0.6 is 46.4 Å². The highest BCUT2D eigenvalue weighted by Gasteiger charge is 2.10. The van der Waals surface area contributed by atoms with Crippen molar-refractivity contribution in [3.05, 3.63) is 56.5 Å². The van der Waals surface area contributed by atoms with E-state index in [1.807, 2.05) is 0 Å². The number of aromatic nitrogens is 2. The van der Waals surface area contributed by atoms with Gasteiger partial charge in [-0.25, -0.2) is 9.97 Å². The molecule has 0 saturated carbocycles. The molecule has 0 aliphatic rings. The summed E-state index contributed by atoms with van der Waals surface area (Å²) in [6, 6.07) is 4.79. The highest BCUT2D eigenvalue weighted by molar-refractivity contribution is 6.39. The Balaban J connectivity index is 0.000000200. The lowest BCUT2D eigenvalue weighted by atomic mass is 10.2. The third-order valence-electron chi connectivity index (χ3n) is 1.89. The van der Waals surface area contributed by atoms with E-state index in [9.17, 15) is 4.79 Å². The van der Waals surface area contributed by atoms with E-state index in [1.54, 1.807) is 18.3 Å². The zero-order valence-corrected chi connectivity index (χ0v) is 12.7. The van der Waals surface area contributed by atoms with Gasteiger partial charge in [0.05, 0.1) is 10.6 Å². The van der Waals surface area contributed by atoms with Gasteiger partial charge in [0.15, 0.2) is 5.78 Å². The average Bonchev–Trinajstić information content (AvgIpc) is 2.28. The number of rotatable bonds is 1.